The van der Waals surface area contributed by atoms with Crippen molar-refractivity contribution in [1.29, 1.82) is 0 Å². The van der Waals surface area contributed by atoms with Gasteiger partial charge in [0.1, 0.15) is 0 Å². The minimum Gasteiger partial charge on any atom is -0.481 e. The van der Waals surface area contributed by atoms with Gasteiger partial charge < -0.3 is 5.11 Å². The van der Waals surface area contributed by atoms with Gasteiger partial charge in [0.05, 0.1) is 5.41 Å². The van der Waals surface area contributed by atoms with Gasteiger partial charge in [0.2, 0.25) is 0 Å². The highest BCUT2D eigenvalue weighted by Gasteiger charge is 2.51. The van der Waals surface area contributed by atoms with Gasteiger partial charge >= 0.3 is 5.97 Å². The molecule has 0 aromatic heterocycles. The highest BCUT2D eigenvalue weighted by atomic mass is 16.4. The summed E-state index contributed by atoms with van der Waals surface area (Å²) < 4.78 is 0. The van der Waals surface area contributed by atoms with Crippen molar-refractivity contribution >= 4 is 5.97 Å². The highest BCUT2D eigenvalue weighted by molar-refractivity contribution is 5.83. The lowest BCUT2D eigenvalue weighted by atomic mass is 9.57. The Morgan fingerprint density at radius 2 is 1.83 bits per heavy atom. The fourth-order valence-corrected chi connectivity index (χ4v) is 2.86. The minimum atomic E-state index is -0.676. The molecule has 0 amide bonds. The normalized spacial score (nSPS) is 27.7. The molecule has 2 unspecified atom stereocenters. The zero-order valence-corrected chi connectivity index (χ0v) is 11.7. The first-order valence-corrected chi connectivity index (χ1v) is 6.63. The fourth-order valence-electron chi connectivity index (χ4n) is 2.86. The van der Waals surface area contributed by atoms with Crippen molar-refractivity contribution in [3.05, 3.63) is 35.4 Å². The Hall–Kier alpha value is -1.31. The van der Waals surface area contributed by atoms with Crippen LogP contribution in [-0.2, 0) is 15.6 Å². The van der Waals surface area contributed by atoms with Gasteiger partial charge in [-0.05, 0) is 35.3 Å². The lowest BCUT2D eigenvalue weighted by Gasteiger charge is -2.45. The van der Waals surface area contributed by atoms with Crippen LogP contribution in [0.25, 0.3) is 0 Å². The molecule has 0 aliphatic heterocycles. The Morgan fingerprint density at radius 3 is 2.11 bits per heavy atom. The van der Waals surface area contributed by atoms with Gasteiger partial charge in [0.25, 0.3) is 0 Å². The number of hydrogen-bond donors (Lipinski definition) is 1. The third-order valence-electron chi connectivity index (χ3n) is 4.46. The smallest absolute Gasteiger partial charge is 0.314 e. The summed E-state index contributed by atoms with van der Waals surface area (Å²) in [7, 11) is 0. The van der Waals surface area contributed by atoms with Crippen molar-refractivity contribution in [2.45, 2.75) is 51.4 Å². The molecule has 2 nitrogen and oxygen atoms in total. The molecule has 1 aromatic carbocycles. The Labute approximate surface area is 109 Å². The van der Waals surface area contributed by atoms with Crippen molar-refractivity contribution in [2.24, 2.45) is 5.92 Å². The van der Waals surface area contributed by atoms with Gasteiger partial charge in [0, 0.05) is 0 Å². The summed E-state index contributed by atoms with van der Waals surface area (Å²) in [4.78, 5) is 11.6. The third-order valence-corrected chi connectivity index (χ3v) is 4.46. The SMILES string of the molecule is CC1CCC1(C(=O)O)c1ccc(C(C)(C)C)cc1. The first kappa shape index (κ1) is 13.1. The average molecular weight is 246 g/mol. The van der Waals surface area contributed by atoms with Crippen molar-refractivity contribution < 1.29 is 9.90 Å². The Bertz CT molecular complexity index is 453. The molecule has 1 aliphatic carbocycles. The van der Waals surface area contributed by atoms with Gasteiger partial charge in [-0.1, -0.05) is 52.0 Å². The second-order valence-corrected chi connectivity index (χ2v) is 6.54. The Balaban J connectivity index is 2.37. The van der Waals surface area contributed by atoms with E-state index in [2.05, 4.69) is 32.9 Å². The van der Waals surface area contributed by atoms with Gasteiger partial charge in [0.15, 0.2) is 0 Å². The number of carbonyl (C=O) groups is 1. The molecule has 0 saturated heterocycles. The quantitative estimate of drug-likeness (QED) is 0.863. The van der Waals surface area contributed by atoms with Gasteiger partial charge in [-0.25, -0.2) is 0 Å². The largest absolute Gasteiger partial charge is 0.481 e. The van der Waals surface area contributed by atoms with Crippen LogP contribution in [0.4, 0.5) is 0 Å². The molecule has 0 spiro atoms. The van der Waals surface area contributed by atoms with Gasteiger partial charge in [-0.2, -0.15) is 0 Å². The first-order chi connectivity index (χ1) is 8.28. The van der Waals surface area contributed by atoms with Crippen molar-refractivity contribution in [3.8, 4) is 0 Å². The molecule has 98 valence electrons. The van der Waals surface area contributed by atoms with E-state index < -0.39 is 11.4 Å². The van der Waals surface area contributed by atoms with Crippen LogP contribution in [0.3, 0.4) is 0 Å². The molecule has 1 N–H and O–H groups in total. The summed E-state index contributed by atoms with van der Waals surface area (Å²) in [5, 5.41) is 9.54. The molecular weight excluding hydrogens is 224 g/mol. The van der Waals surface area contributed by atoms with Gasteiger partial charge in [-0.3, -0.25) is 4.79 Å². The number of aliphatic carboxylic acids is 1. The van der Waals surface area contributed by atoms with Crippen LogP contribution < -0.4 is 0 Å². The van der Waals surface area contributed by atoms with E-state index >= 15 is 0 Å². The van der Waals surface area contributed by atoms with Crippen LogP contribution in [0.2, 0.25) is 0 Å². The lowest BCUT2D eigenvalue weighted by Crippen LogP contribution is -2.49. The molecule has 1 aliphatic rings. The number of rotatable bonds is 2. The molecule has 0 radical (unpaired) electrons. The first-order valence-electron chi connectivity index (χ1n) is 6.63. The second-order valence-electron chi connectivity index (χ2n) is 6.54. The van der Waals surface area contributed by atoms with E-state index in [4.69, 9.17) is 0 Å². The van der Waals surface area contributed by atoms with E-state index in [0.29, 0.717) is 0 Å². The molecule has 18 heavy (non-hydrogen) atoms. The maximum atomic E-state index is 11.6. The van der Waals surface area contributed by atoms with Crippen molar-refractivity contribution in [2.75, 3.05) is 0 Å². The number of carboxylic acid groups (broad SMARTS) is 1. The zero-order chi connectivity index (χ0) is 13.6. The van der Waals surface area contributed by atoms with E-state index in [1.807, 2.05) is 19.1 Å². The highest BCUT2D eigenvalue weighted by Crippen LogP contribution is 2.49. The summed E-state index contributed by atoms with van der Waals surface area (Å²) in [6.07, 6.45) is 1.77. The van der Waals surface area contributed by atoms with Crippen molar-refractivity contribution in [3.63, 3.8) is 0 Å². The monoisotopic (exact) mass is 246 g/mol. The molecular formula is C16H22O2. The topological polar surface area (TPSA) is 37.3 Å². The fraction of sp³-hybridized carbons (Fsp3) is 0.562. The number of benzene rings is 1. The number of hydrogen-bond acceptors (Lipinski definition) is 1. The standard InChI is InChI=1S/C16H22O2/c1-11-9-10-16(11,14(17)18)13-7-5-12(6-8-13)15(2,3)4/h5-8,11H,9-10H2,1-4H3,(H,17,18). The molecule has 2 rings (SSSR count). The van der Waals surface area contributed by atoms with E-state index in [-0.39, 0.29) is 11.3 Å². The maximum absolute atomic E-state index is 11.6. The summed E-state index contributed by atoms with van der Waals surface area (Å²) in [6.45, 7) is 8.54. The molecule has 2 heteroatoms. The predicted molar refractivity (Wildman–Crippen MR) is 72.9 cm³/mol. The Morgan fingerprint density at radius 1 is 1.28 bits per heavy atom. The van der Waals surface area contributed by atoms with E-state index in [9.17, 15) is 9.90 Å². The average Bonchev–Trinajstić information content (AvgIpc) is 2.26. The number of carboxylic acids is 1. The maximum Gasteiger partial charge on any atom is 0.314 e. The predicted octanol–water partition coefficient (Wildman–Crippen LogP) is 3.74. The second kappa shape index (κ2) is 4.11. The van der Waals surface area contributed by atoms with Crippen LogP contribution in [-0.4, -0.2) is 11.1 Å². The molecule has 1 aromatic rings. The van der Waals surface area contributed by atoms with Gasteiger partial charge in [-0.15, -0.1) is 0 Å². The summed E-state index contributed by atoms with van der Waals surface area (Å²) in [6, 6.07) is 8.16. The summed E-state index contributed by atoms with van der Waals surface area (Å²) in [5.41, 5.74) is 1.68. The lowest BCUT2D eigenvalue weighted by molar-refractivity contribution is -0.151. The van der Waals surface area contributed by atoms with E-state index in [1.165, 1.54) is 5.56 Å². The molecule has 2 atom stereocenters. The molecule has 1 saturated carbocycles. The Kier molecular flexibility index (Phi) is 3.00. The van der Waals surface area contributed by atoms with Crippen LogP contribution in [0.1, 0.15) is 51.7 Å². The van der Waals surface area contributed by atoms with Crippen molar-refractivity contribution in [1.82, 2.24) is 0 Å². The zero-order valence-electron chi connectivity index (χ0n) is 11.7. The molecule has 0 bridgehead atoms. The van der Waals surface area contributed by atoms with Crippen LogP contribution in [0.15, 0.2) is 24.3 Å². The van der Waals surface area contributed by atoms with E-state index in [0.717, 1.165) is 18.4 Å². The minimum absolute atomic E-state index is 0.111. The van der Waals surface area contributed by atoms with Crippen LogP contribution >= 0.6 is 0 Å². The summed E-state index contributed by atoms with van der Waals surface area (Å²) in [5.74, 6) is -0.444. The molecule has 0 heterocycles. The van der Waals surface area contributed by atoms with E-state index in [1.54, 1.807) is 0 Å². The third kappa shape index (κ3) is 1.84. The molecule has 1 fully saturated rings. The van der Waals surface area contributed by atoms with Crippen LogP contribution in [0, 0.1) is 5.92 Å². The summed E-state index contributed by atoms with van der Waals surface area (Å²) >= 11 is 0. The van der Waals surface area contributed by atoms with Crippen LogP contribution in [0.5, 0.6) is 0 Å².